The minimum absolute atomic E-state index is 0.199. The lowest BCUT2D eigenvalue weighted by Crippen LogP contribution is -2.07. The van der Waals surface area contributed by atoms with Crippen molar-refractivity contribution in [3.63, 3.8) is 0 Å². The van der Waals surface area contributed by atoms with Crippen LogP contribution < -0.4 is 0 Å². The molecule has 0 aliphatic heterocycles. The summed E-state index contributed by atoms with van der Waals surface area (Å²) in [5.41, 5.74) is 4.56. The number of fused-ring (bicyclic) bond motifs is 1. The molecule has 0 radical (unpaired) electrons. The highest BCUT2D eigenvalue weighted by atomic mass is 32.2. The molecule has 1 aliphatic carbocycles. The van der Waals surface area contributed by atoms with Crippen molar-refractivity contribution in [1.29, 1.82) is 5.26 Å². The molecule has 2 heterocycles. The Morgan fingerprint density at radius 3 is 2.72 bits per heavy atom. The van der Waals surface area contributed by atoms with Crippen LogP contribution in [0.3, 0.4) is 0 Å². The summed E-state index contributed by atoms with van der Waals surface area (Å²) >= 11 is 1.52. The van der Waals surface area contributed by atoms with Crippen LogP contribution in [0.1, 0.15) is 30.0 Å². The standard InChI is InChI=1S/C23H21N5S/c1-15-6-8-16(9-7-15)12-18(13-24)29-23-27-26-22(28(23)17-10-11-17)20-14-25-21-5-3-2-4-19(20)21/h2-9,14,17-18,25H,10-12H2,1H3/t18-/m1/s1. The molecule has 5 rings (SSSR count). The van der Waals surface area contributed by atoms with E-state index in [1.54, 1.807) is 0 Å². The van der Waals surface area contributed by atoms with Gasteiger partial charge < -0.3 is 4.98 Å². The van der Waals surface area contributed by atoms with Crippen LogP contribution in [0.2, 0.25) is 0 Å². The van der Waals surface area contributed by atoms with Crippen LogP contribution >= 0.6 is 11.8 Å². The maximum atomic E-state index is 9.75. The molecule has 1 N–H and O–H groups in total. The molecule has 0 spiro atoms. The monoisotopic (exact) mass is 399 g/mol. The van der Waals surface area contributed by atoms with Crippen molar-refractivity contribution in [1.82, 2.24) is 19.7 Å². The third-order valence-electron chi connectivity index (χ3n) is 5.34. The molecule has 0 bridgehead atoms. The summed E-state index contributed by atoms with van der Waals surface area (Å²) in [6, 6.07) is 19.5. The van der Waals surface area contributed by atoms with E-state index in [9.17, 15) is 5.26 Å². The lowest BCUT2D eigenvalue weighted by Gasteiger charge is -2.11. The predicted octanol–water partition coefficient (Wildman–Crippen LogP) is 5.30. The zero-order chi connectivity index (χ0) is 19.8. The second-order valence-electron chi connectivity index (χ2n) is 7.58. The molecule has 0 unspecified atom stereocenters. The van der Waals surface area contributed by atoms with Crippen LogP contribution in [0, 0.1) is 18.3 Å². The summed E-state index contributed by atoms with van der Waals surface area (Å²) in [7, 11) is 0. The van der Waals surface area contributed by atoms with Gasteiger partial charge in [-0.1, -0.05) is 59.8 Å². The van der Waals surface area contributed by atoms with Gasteiger partial charge in [0.2, 0.25) is 0 Å². The molecule has 1 fully saturated rings. The fourth-order valence-electron chi connectivity index (χ4n) is 3.64. The number of rotatable bonds is 6. The SMILES string of the molecule is Cc1ccc(C[C@H](C#N)Sc2nnc(-c3c[nH]c4ccccc34)n2C2CC2)cc1. The number of aryl methyl sites for hydroxylation is 1. The molecule has 29 heavy (non-hydrogen) atoms. The molecular weight excluding hydrogens is 378 g/mol. The Bertz CT molecular complexity index is 1190. The van der Waals surface area contributed by atoms with E-state index >= 15 is 0 Å². The molecule has 4 aromatic rings. The van der Waals surface area contributed by atoms with Gasteiger partial charge in [-0.15, -0.1) is 10.2 Å². The summed E-state index contributed by atoms with van der Waals surface area (Å²) in [5.74, 6) is 0.888. The zero-order valence-corrected chi connectivity index (χ0v) is 17.0. The first-order valence-corrected chi connectivity index (χ1v) is 10.7. The molecular formula is C23H21N5S. The molecule has 1 aliphatic rings. The Morgan fingerprint density at radius 1 is 1.17 bits per heavy atom. The normalized spacial score (nSPS) is 14.8. The van der Waals surface area contributed by atoms with Gasteiger partial charge >= 0.3 is 0 Å². The van der Waals surface area contributed by atoms with Gasteiger partial charge in [0.15, 0.2) is 11.0 Å². The molecule has 6 heteroatoms. The fraction of sp³-hybridized carbons (Fsp3) is 0.261. The highest BCUT2D eigenvalue weighted by Gasteiger charge is 2.32. The van der Waals surface area contributed by atoms with Crippen molar-refractivity contribution in [3.8, 4) is 17.5 Å². The van der Waals surface area contributed by atoms with E-state index in [1.165, 1.54) is 22.9 Å². The molecule has 1 atom stereocenters. The first-order chi connectivity index (χ1) is 14.2. The van der Waals surface area contributed by atoms with Crippen LogP contribution in [-0.4, -0.2) is 25.0 Å². The van der Waals surface area contributed by atoms with Crippen molar-refractivity contribution >= 4 is 22.7 Å². The summed E-state index contributed by atoms with van der Waals surface area (Å²) in [5, 5.41) is 20.6. The largest absolute Gasteiger partial charge is 0.360 e. The Balaban J connectivity index is 1.46. The molecule has 0 amide bonds. The lowest BCUT2D eigenvalue weighted by molar-refractivity contribution is 0.668. The van der Waals surface area contributed by atoms with Crippen LogP contribution in [0.5, 0.6) is 0 Å². The zero-order valence-electron chi connectivity index (χ0n) is 16.2. The van der Waals surface area contributed by atoms with Crippen LogP contribution in [0.4, 0.5) is 0 Å². The van der Waals surface area contributed by atoms with E-state index < -0.39 is 0 Å². The van der Waals surface area contributed by atoms with Crippen LogP contribution in [-0.2, 0) is 6.42 Å². The number of aromatic amines is 1. The van der Waals surface area contributed by atoms with Crippen molar-refractivity contribution in [2.75, 3.05) is 0 Å². The Hall–Kier alpha value is -3.04. The number of para-hydroxylation sites is 1. The van der Waals surface area contributed by atoms with Gasteiger partial charge in [-0.25, -0.2) is 0 Å². The van der Waals surface area contributed by atoms with Gasteiger partial charge in [0.05, 0.1) is 6.07 Å². The number of thioether (sulfide) groups is 1. The molecule has 1 saturated carbocycles. The highest BCUT2D eigenvalue weighted by Crippen LogP contribution is 2.43. The molecule has 2 aromatic carbocycles. The van der Waals surface area contributed by atoms with Crippen molar-refractivity contribution in [2.24, 2.45) is 0 Å². The minimum atomic E-state index is -0.199. The summed E-state index contributed by atoms with van der Waals surface area (Å²) in [6.07, 6.45) is 4.98. The summed E-state index contributed by atoms with van der Waals surface area (Å²) in [4.78, 5) is 3.33. The number of aromatic nitrogens is 4. The third-order valence-corrected chi connectivity index (χ3v) is 6.39. The van der Waals surface area contributed by atoms with Crippen molar-refractivity contribution in [3.05, 3.63) is 65.9 Å². The molecule has 5 nitrogen and oxygen atoms in total. The Morgan fingerprint density at radius 2 is 1.97 bits per heavy atom. The second-order valence-corrected chi connectivity index (χ2v) is 8.75. The number of hydrogen-bond donors (Lipinski definition) is 1. The topological polar surface area (TPSA) is 70.3 Å². The van der Waals surface area contributed by atoms with Crippen LogP contribution in [0.25, 0.3) is 22.3 Å². The van der Waals surface area contributed by atoms with E-state index in [-0.39, 0.29) is 5.25 Å². The van der Waals surface area contributed by atoms with Gasteiger partial charge in [-0.2, -0.15) is 5.26 Å². The van der Waals surface area contributed by atoms with Gasteiger partial charge in [0.25, 0.3) is 0 Å². The first kappa shape index (κ1) is 18.0. The second kappa shape index (κ2) is 7.41. The number of nitrogens with zero attached hydrogens (tertiary/aromatic N) is 4. The van der Waals surface area contributed by atoms with E-state index in [1.807, 2.05) is 18.3 Å². The maximum Gasteiger partial charge on any atom is 0.193 e. The smallest absolute Gasteiger partial charge is 0.193 e. The van der Waals surface area contributed by atoms with E-state index in [0.717, 1.165) is 40.3 Å². The predicted molar refractivity (Wildman–Crippen MR) is 116 cm³/mol. The average molecular weight is 400 g/mol. The fourth-order valence-corrected chi connectivity index (χ4v) is 4.66. The van der Waals surface area contributed by atoms with Crippen molar-refractivity contribution < 1.29 is 0 Å². The van der Waals surface area contributed by atoms with Gasteiger partial charge in [-0.05, 0) is 37.8 Å². The highest BCUT2D eigenvalue weighted by molar-refractivity contribution is 8.00. The van der Waals surface area contributed by atoms with Crippen LogP contribution in [0.15, 0.2) is 59.9 Å². The van der Waals surface area contributed by atoms with Gasteiger partial charge in [-0.3, -0.25) is 4.57 Å². The minimum Gasteiger partial charge on any atom is -0.360 e. The quantitative estimate of drug-likeness (QED) is 0.447. The summed E-state index contributed by atoms with van der Waals surface area (Å²) < 4.78 is 2.24. The van der Waals surface area contributed by atoms with E-state index in [2.05, 4.69) is 69.1 Å². The number of nitriles is 1. The van der Waals surface area contributed by atoms with E-state index in [4.69, 9.17) is 0 Å². The van der Waals surface area contributed by atoms with E-state index in [0.29, 0.717) is 12.5 Å². The third kappa shape index (κ3) is 3.54. The Labute approximate surface area is 173 Å². The molecule has 0 saturated heterocycles. The number of nitrogens with one attached hydrogen (secondary N) is 1. The molecule has 2 aromatic heterocycles. The number of hydrogen-bond acceptors (Lipinski definition) is 4. The molecule has 144 valence electrons. The average Bonchev–Trinajstić information content (AvgIpc) is 3.36. The Kier molecular flexibility index (Phi) is 4.61. The number of benzene rings is 2. The lowest BCUT2D eigenvalue weighted by atomic mass is 10.1. The van der Waals surface area contributed by atoms with Crippen molar-refractivity contribution in [2.45, 2.75) is 42.6 Å². The summed E-state index contributed by atoms with van der Waals surface area (Å²) in [6.45, 7) is 2.07. The maximum absolute atomic E-state index is 9.75. The first-order valence-electron chi connectivity index (χ1n) is 9.86. The van der Waals surface area contributed by atoms with Gasteiger partial charge in [0, 0.05) is 28.7 Å². The number of H-pyrrole nitrogens is 1. The van der Waals surface area contributed by atoms with Gasteiger partial charge in [0.1, 0.15) is 5.25 Å².